The van der Waals surface area contributed by atoms with Crippen LogP contribution in [-0.4, -0.2) is 49.4 Å². The van der Waals surface area contributed by atoms with Crippen molar-refractivity contribution >= 4 is 23.3 Å². The standard InChI is InChI=1S/C21H23ClN2O3/c1-15(25)16-2-4-18(5-3-16)21(26)23-14-20(24-10-12-27-13-11-24)17-6-8-19(22)9-7-17/h2-9,20H,10-14H2,1H3,(H,23,26). The monoisotopic (exact) mass is 386 g/mol. The molecule has 1 fully saturated rings. The van der Waals surface area contributed by atoms with Crippen molar-refractivity contribution in [2.75, 3.05) is 32.8 Å². The van der Waals surface area contributed by atoms with Gasteiger partial charge in [0.25, 0.3) is 5.91 Å². The van der Waals surface area contributed by atoms with E-state index in [2.05, 4.69) is 10.2 Å². The average Bonchev–Trinajstić information content (AvgIpc) is 2.70. The molecule has 1 aliphatic rings. The lowest BCUT2D eigenvalue weighted by atomic mass is 10.0. The Labute approximate surface area is 164 Å². The average molecular weight is 387 g/mol. The summed E-state index contributed by atoms with van der Waals surface area (Å²) < 4.78 is 5.45. The fraction of sp³-hybridized carbons (Fsp3) is 0.333. The van der Waals surface area contributed by atoms with Crippen LogP contribution in [0.15, 0.2) is 48.5 Å². The highest BCUT2D eigenvalue weighted by molar-refractivity contribution is 6.30. The Morgan fingerprint density at radius 1 is 1.04 bits per heavy atom. The molecule has 0 bridgehead atoms. The van der Waals surface area contributed by atoms with Crippen LogP contribution >= 0.6 is 11.6 Å². The number of amides is 1. The molecule has 1 heterocycles. The number of hydrogen-bond acceptors (Lipinski definition) is 4. The molecule has 6 heteroatoms. The summed E-state index contributed by atoms with van der Waals surface area (Å²) in [5, 5.41) is 3.71. The number of hydrogen-bond donors (Lipinski definition) is 1. The number of morpholine rings is 1. The summed E-state index contributed by atoms with van der Waals surface area (Å²) in [7, 11) is 0. The molecule has 1 aliphatic heterocycles. The Morgan fingerprint density at radius 2 is 1.63 bits per heavy atom. The second-order valence-corrected chi connectivity index (χ2v) is 7.00. The molecule has 0 aromatic heterocycles. The molecule has 1 amide bonds. The van der Waals surface area contributed by atoms with Crippen molar-refractivity contribution in [3.8, 4) is 0 Å². The third kappa shape index (κ3) is 5.16. The summed E-state index contributed by atoms with van der Waals surface area (Å²) in [6.07, 6.45) is 0. The van der Waals surface area contributed by atoms with Gasteiger partial charge in [0.15, 0.2) is 5.78 Å². The molecule has 2 aromatic rings. The lowest BCUT2D eigenvalue weighted by Crippen LogP contribution is -2.43. The summed E-state index contributed by atoms with van der Waals surface area (Å²) in [6.45, 7) is 4.99. The van der Waals surface area contributed by atoms with Crippen molar-refractivity contribution in [1.82, 2.24) is 10.2 Å². The Kier molecular flexibility index (Phi) is 6.61. The molecular formula is C21H23ClN2O3. The molecule has 0 radical (unpaired) electrons. The number of ketones is 1. The van der Waals surface area contributed by atoms with Crippen molar-refractivity contribution in [2.24, 2.45) is 0 Å². The first-order chi connectivity index (χ1) is 13.0. The number of carbonyl (C=O) groups excluding carboxylic acids is 2. The highest BCUT2D eigenvalue weighted by Gasteiger charge is 2.23. The number of rotatable bonds is 6. The Bertz CT molecular complexity index is 784. The predicted octanol–water partition coefficient (Wildman–Crippen LogP) is 3.35. The van der Waals surface area contributed by atoms with Crippen molar-refractivity contribution in [3.05, 3.63) is 70.2 Å². The third-order valence-corrected chi connectivity index (χ3v) is 5.00. The molecule has 1 saturated heterocycles. The zero-order valence-electron chi connectivity index (χ0n) is 15.3. The number of nitrogens with one attached hydrogen (secondary N) is 1. The molecule has 3 rings (SSSR count). The molecule has 1 atom stereocenters. The van der Waals surface area contributed by atoms with Gasteiger partial charge in [-0.25, -0.2) is 0 Å². The van der Waals surface area contributed by atoms with E-state index in [1.165, 1.54) is 6.92 Å². The van der Waals surface area contributed by atoms with E-state index >= 15 is 0 Å². The van der Waals surface area contributed by atoms with Crippen LogP contribution in [0.25, 0.3) is 0 Å². The van der Waals surface area contributed by atoms with E-state index in [4.69, 9.17) is 16.3 Å². The number of Topliss-reactive ketones (excluding diaryl/α,β-unsaturated/α-hetero) is 1. The summed E-state index contributed by atoms with van der Waals surface area (Å²) >= 11 is 6.02. The first kappa shape index (κ1) is 19.5. The molecule has 2 aromatic carbocycles. The lowest BCUT2D eigenvalue weighted by molar-refractivity contribution is 0.0162. The first-order valence-electron chi connectivity index (χ1n) is 9.01. The van der Waals surface area contributed by atoms with Crippen LogP contribution in [0.4, 0.5) is 0 Å². The van der Waals surface area contributed by atoms with Gasteiger partial charge in [0.05, 0.1) is 19.3 Å². The van der Waals surface area contributed by atoms with Gasteiger partial charge in [-0.3, -0.25) is 14.5 Å². The Balaban J connectivity index is 1.70. The molecular weight excluding hydrogens is 364 g/mol. The predicted molar refractivity (Wildman–Crippen MR) is 105 cm³/mol. The summed E-state index contributed by atoms with van der Waals surface area (Å²) in [5.41, 5.74) is 2.24. The topological polar surface area (TPSA) is 58.6 Å². The molecule has 0 spiro atoms. The van der Waals surface area contributed by atoms with E-state index in [-0.39, 0.29) is 17.7 Å². The van der Waals surface area contributed by atoms with Crippen LogP contribution in [0.3, 0.4) is 0 Å². The molecule has 0 aliphatic carbocycles. The van der Waals surface area contributed by atoms with Crippen LogP contribution in [0.5, 0.6) is 0 Å². The van der Waals surface area contributed by atoms with Crippen LogP contribution in [-0.2, 0) is 4.74 Å². The van der Waals surface area contributed by atoms with E-state index in [0.29, 0.717) is 35.9 Å². The van der Waals surface area contributed by atoms with Crippen molar-refractivity contribution in [1.29, 1.82) is 0 Å². The van der Waals surface area contributed by atoms with Crippen LogP contribution in [0, 0.1) is 0 Å². The van der Waals surface area contributed by atoms with E-state index in [9.17, 15) is 9.59 Å². The summed E-state index contributed by atoms with van der Waals surface area (Å²) in [5.74, 6) is -0.172. The van der Waals surface area contributed by atoms with Crippen LogP contribution in [0.1, 0.15) is 39.2 Å². The zero-order chi connectivity index (χ0) is 19.2. The van der Waals surface area contributed by atoms with Crippen LogP contribution in [0.2, 0.25) is 5.02 Å². The number of halogens is 1. The minimum Gasteiger partial charge on any atom is -0.379 e. The number of nitrogens with zero attached hydrogens (tertiary/aromatic N) is 1. The lowest BCUT2D eigenvalue weighted by Gasteiger charge is -2.35. The highest BCUT2D eigenvalue weighted by Crippen LogP contribution is 2.23. The maximum atomic E-state index is 12.5. The van der Waals surface area contributed by atoms with E-state index in [0.717, 1.165) is 18.7 Å². The SMILES string of the molecule is CC(=O)c1ccc(C(=O)NCC(c2ccc(Cl)cc2)N2CCOCC2)cc1. The molecule has 1 unspecified atom stereocenters. The first-order valence-corrected chi connectivity index (χ1v) is 9.39. The largest absolute Gasteiger partial charge is 0.379 e. The van der Waals surface area contributed by atoms with Gasteiger partial charge in [-0.15, -0.1) is 0 Å². The zero-order valence-corrected chi connectivity index (χ0v) is 16.0. The quantitative estimate of drug-likeness (QED) is 0.773. The fourth-order valence-corrected chi connectivity index (χ4v) is 3.31. The van der Waals surface area contributed by atoms with Crippen LogP contribution < -0.4 is 5.32 Å². The van der Waals surface area contributed by atoms with E-state index < -0.39 is 0 Å². The van der Waals surface area contributed by atoms with Gasteiger partial charge in [0, 0.05) is 35.8 Å². The Morgan fingerprint density at radius 3 is 2.22 bits per heavy atom. The van der Waals surface area contributed by atoms with Gasteiger partial charge in [-0.1, -0.05) is 35.9 Å². The molecule has 27 heavy (non-hydrogen) atoms. The highest BCUT2D eigenvalue weighted by atomic mass is 35.5. The number of carbonyl (C=O) groups is 2. The molecule has 5 nitrogen and oxygen atoms in total. The maximum Gasteiger partial charge on any atom is 0.251 e. The van der Waals surface area contributed by atoms with Gasteiger partial charge in [0.1, 0.15) is 0 Å². The van der Waals surface area contributed by atoms with Crippen molar-refractivity contribution in [2.45, 2.75) is 13.0 Å². The van der Waals surface area contributed by atoms with E-state index in [1.807, 2.05) is 24.3 Å². The van der Waals surface area contributed by atoms with Gasteiger partial charge in [-0.2, -0.15) is 0 Å². The third-order valence-electron chi connectivity index (χ3n) is 4.75. The maximum absolute atomic E-state index is 12.5. The fourth-order valence-electron chi connectivity index (χ4n) is 3.18. The minimum absolute atomic E-state index is 0.0166. The number of benzene rings is 2. The second kappa shape index (κ2) is 9.13. The summed E-state index contributed by atoms with van der Waals surface area (Å²) in [6, 6.07) is 14.5. The van der Waals surface area contributed by atoms with Crippen molar-refractivity contribution < 1.29 is 14.3 Å². The Hall–Kier alpha value is -2.21. The molecule has 1 N–H and O–H groups in total. The van der Waals surface area contributed by atoms with Gasteiger partial charge < -0.3 is 10.1 Å². The van der Waals surface area contributed by atoms with E-state index in [1.54, 1.807) is 24.3 Å². The number of ether oxygens (including phenoxy) is 1. The smallest absolute Gasteiger partial charge is 0.251 e. The normalized spacial score (nSPS) is 15.9. The van der Waals surface area contributed by atoms with Gasteiger partial charge >= 0.3 is 0 Å². The minimum atomic E-state index is -0.155. The van der Waals surface area contributed by atoms with Gasteiger partial charge in [0.2, 0.25) is 0 Å². The van der Waals surface area contributed by atoms with Crippen molar-refractivity contribution in [3.63, 3.8) is 0 Å². The second-order valence-electron chi connectivity index (χ2n) is 6.56. The van der Waals surface area contributed by atoms with Gasteiger partial charge in [-0.05, 0) is 36.8 Å². The molecule has 0 saturated carbocycles. The summed E-state index contributed by atoms with van der Waals surface area (Å²) in [4.78, 5) is 26.2. The molecule has 142 valence electrons.